The Morgan fingerprint density at radius 3 is 2.33 bits per heavy atom. The van der Waals surface area contributed by atoms with E-state index in [-0.39, 0.29) is 0 Å². The van der Waals surface area contributed by atoms with Crippen molar-refractivity contribution in [3.8, 4) is 0 Å². The van der Waals surface area contributed by atoms with E-state index < -0.39 is 0 Å². The van der Waals surface area contributed by atoms with Crippen molar-refractivity contribution in [2.45, 2.75) is 38.1 Å². The molecule has 1 rings (SSSR count). The molecular formula is C12H23N5S. The Hall–Kier alpha value is -1.04. The van der Waals surface area contributed by atoms with E-state index >= 15 is 0 Å². The van der Waals surface area contributed by atoms with Crippen molar-refractivity contribution < 1.29 is 0 Å². The van der Waals surface area contributed by atoms with Crippen LogP contribution in [0.3, 0.4) is 0 Å². The Kier molecular flexibility index (Phi) is 5.65. The molecule has 0 fully saturated rings. The van der Waals surface area contributed by atoms with Crippen molar-refractivity contribution in [1.29, 1.82) is 0 Å². The molecule has 5 nitrogen and oxygen atoms in total. The quantitative estimate of drug-likeness (QED) is 0.801. The minimum atomic E-state index is 0.483. The van der Waals surface area contributed by atoms with Crippen LogP contribution in [0.5, 0.6) is 0 Å². The fraction of sp³-hybridized carbons (Fsp3) is 0.750. The molecule has 0 aliphatic heterocycles. The molecule has 0 amide bonds. The lowest BCUT2D eigenvalue weighted by atomic mass is 10.2. The van der Waals surface area contributed by atoms with Gasteiger partial charge in [-0.05, 0) is 12.8 Å². The molecule has 102 valence electrons. The molecule has 18 heavy (non-hydrogen) atoms. The Morgan fingerprint density at radius 2 is 1.83 bits per heavy atom. The lowest BCUT2D eigenvalue weighted by Crippen LogP contribution is -2.16. The first kappa shape index (κ1) is 15.0. The summed E-state index contributed by atoms with van der Waals surface area (Å²) in [6.45, 7) is 9.44. The van der Waals surface area contributed by atoms with E-state index in [2.05, 4.69) is 41.0 Å². The molecule has 1 N–H and O–H groups in total. The van der Waals surface area contributed by atoms with Crippen LogP contribution in [0.2, 0.25) is 0 Å². The van der Waals surface area contributed by atoms with Crippen LogP contribution in [0.4, 0.5) is 11.9 Å². The number of thioether (sulfide) groups is 1. The second-order valence-electron chi connectivity index (χ2n) is 4.73. The third kappa shape index (κ3) is 4.33. The van der Waals surface area contributed by atoms with Crippen LogP contribution in [-0.4, -0.2) is 40.8 Å². The van der Waals surface area contributed by atoms with Crippen LogP contribution in [0.1, 0.15) is 27.7 Å². The molecule has 0 saturated carbocycles. The Balaban J connectivity index is 2.95. The number of rotatable bonds is 6. The van der Waals surface area contributed by atoms with Crippen molar-refractivity contribution in [3.63, 3.8) is 0 Å². The molecule has 0 saturated heterocycles. The summed E-state index contributed by atoms with van der Waals surface area (Å²) < 4.78 is 0. The summed E-state index contributed by atoms with van der Waals surface area (Å²) in [6.07, 6.45) is 0. The lowest BCUT2D eigenvalue weighted by molar-refractivity contribution is 0.640. The van der Waals surface area contributed by atoms with Crippen molar-refractivity contribution >= 4 is 23.7 Å². The molecule has 1 atom stereocenters. The van der Waals surface area contributed by atoms with E-state index in [0.717, 1.165) is 11.7 Å². The lowest BCUT2D eigenvalue weighted by Gasteiger charge is -2.16. The second kappa shape index (κ2) is 6.78. The summed E-state index contributed by atoms with van der Waals surface area (Å²) in [5.41, 5.74) is 0. The van der Waals surface area contributed by atoms with E-state index in [1.807, 2.05) is 25.9 Å². The second-order valence-corrected chi connectivity index (χ2v) is 6.08. The van der Waals surface area contributed by atoms with Gasteiger partial charge in [0.05, 0.1) is 0 Å². The Bertz CT molecular complexity index is 381. The van der Waals surface area contributed by atoms with Gasteiger partial charge in [0.25, 0.3) is 0 Å². The highest BCUT2D eigenvalue weighted by molar-refractivity contribution is 7.99. The van der Waals surface area contributed by atoms with E-state index in [1.165, 1.54) is 0 Å². The predicted molar refractivity (Wildman–Crippen MR) is 78.5 cm³/mol. The van der Waals surface area contributed by atoms with Gasteiger partial charge in [0.2, 0.25) is 11.9 Å². The summed E-state index contributed by atoms with van der Waals surface area (Å²) in [7, 11) is 3.87. The van der Waals surface area contributed by atoms with E-state index in [1.54, 1.807) is 11.8 Å². The molecule has 6 heteroatoms. The zero-order valence-electron chi connectivity index (χ0n) is 12.1. The summed E-state index contributed by atoms with van der Waals surface area (Å²) in [6, 6.07) is 0. The zero-order valence-corrected chi connectivity index (χ0v) is 12.9. The Morgan fingerprint density at radius 1 is 1.17 bits per heavy atom. The standard InChI is InChI=1S/C12H23N5S/c1-7-13-10-14-11(17(5)6)16-12(15-10)18-9(4)8(2)3/h8-9H,7H2,1-6H3,(H,13,14,15,16). The number of nitrogens with zero attached hydrogens (tertiary/aromatic N) is 4. The molecule has 1 aromatic heterocycles. The fourth-order valence-corrected chi connectivity index (χ4v) is 2.02. The monoisotopic (exact) mass is 269 g/mol. The number of hydrogen-bond acceptors (Lipinski definition) is 6. The number of aromatic nitrogens is 3. The van der Waals surface area contributed by atoms with Gasteiger partial charge in [-0.3, -0.25) is 0 Å². The van der Waals surface area contributed by atoms with Crippen molar-refractivity contribution in [3.05, 3.63) is 0 Å². The number of hydrogen-bond donors (Lipinski definition) is 1. The third-order valence-corrected chi connectivity index (χ3v) is 3.88. The highest BCUT2D eigenvalue weighted by atomic mass is 32.2. The van der Waals surface area contributed by atoms with Gasteiger partial charge >= 0.3 is 0 Å². The summed E-state index contributed by atoms with van der Waals surface area (Å²) in [4.78, 5) is 15.1. The van der Waals surface area contributed by atoms with Gasteiger partial charge in [0.15, 0.2) is 5.16 Å². The minimum absolute atomic E-state index is 0.483. The number of nitrogens with one attached hydrogen (secondary N) is 1. The van der Waals surface area contributed by atoms with Gasteiger partial charge in [-0.25, -0.2) is 0 Å². The topological polar surface area (TPSA) is 53.9 Å². The van der Waals surface area contributed by atoms with Crippen LogP contribution < -0.4 is 10.2 Å². The maximum Gasteiger partial charge on any atom is 0.230 e. The SMILES string of the molecule is CCNc1nc(SC(C)C(C)C)nc(N(C)C)n1. The average Bonchev–Trinajstić information content (AvgIpc) is 2.28. The predicted octanol–water partition coefficient (Wildman–Crippen LogP) is 2.51. The van der Waals surface area contributed by atoms with Gasteiger partial charge in [-0.1, -0.05) is 32.5 Å². The van der Waals surface area contributed by atoms with Crippen molar-refractivity contribution in [2.75, 3.05) is 30.9 Å². The first-order valence-corrected chi connectivity index (χ1v) is 7.16. The molecule has 0 aliphatic rings. The van der Waals surface area contributed by atoms with Gasteiger partial charge in [0.1, 0.15) is 0 Å². The van der Waals surface area contributed by atoms with Crippen LogP contribution in [0.15, 0.2) is 5.16 Å². The summed E-state index contributed by atoms with van der Waals surface area (Å²) in [5, 5.41) is 4.41. The first-order chi connectivity index (χ1) is 8.43. The van der Waals surface area contributed by atoms with Gasteiger partial charge in [-0.2, -0.15) is 15.0 Å². The highest BCUT2D eigenvalue weighted by Gasteiger charge is 2.14. The van der Waals surface area contributed by atoms with E-state index in [0.29, 0.717) is 23.1 Å². The molecule has 1 aromatic rings. The fourth-order valence-electron chi connectivity index (χ4n) is 1.14. The summed E-state index contributed by atoms with van der Waals surface area (Å²) in [5.74, 6) is 1.94. The van der Waals surface area contributed by atoms with Crippen LogP contribution >= 0.6 is 11.8 Å². The Labute approximate surface area is 114 Å². The number of anilines is 2. The molecule has 0 aromatic carbocycles. The normalized spacial score (nSPS) is 12.6. The van der Waals surface area contributed by atoms with Gasteiger partial charge in [-0.15, -0.1) is 0 Å². The van der Waals surface area contributed by atoms with Crippen LogP contribution in [0, 0.1) is 5.92 Å². The molecule has 0 bridgehead atoms. The van der Waals surface area contributed by atoms with Gasteiger partial charge in [0, 0.05) is 25.9 Å². The molecular weight excluding hydrogens is 246 g/mol. The largest absolute Gasteiger partial charge is 0.354 e. The van der Waals surface area contributed by atoms with Gasteiger partial charge < -0.3 is 10.2 Å². The molecule has 0 radical (unpaired) electrons. The van der Waals surface area contributed by atoms with Crippen molar-refractivity contribution in [2.24, 2.45) is 5.92 Å². The summed E-state index contributed by atoms with van der Waals surface area (Å²) >= 11 is 1.69. The van der Waals surface area contributed by atoms with E-state index in [4.69, 9.17) is 0 Å². The van der Waals surface area contributed by atoms with Crippen LogP contribution in [0.25, 0.3) is 0 Å². The minimum Gasteiger partial charge on any atom is -0.354 e. The maximum atomic E-state index is 4.46. The first-order valence-electron chi connectivity index (χ1n) is 6.28. The molecule has 1 unspecified atom stereocenters. The molecule has 1 heterocycles. The average molecular weight is 269 g/mol. The smallest absolute Gasteiger partial charge is 0.230 e. The maximum absolute atomic E-state index is 4.46. The third-order valence-electron chi connectivity index (χ3n) is 2.57. The molecule has 0 spiro atoms. The zero-order chi connectivity index (χ0) is 13.7. The van der Waals surface area contributed by atoms with Crippen molar-refractivity contribution in [1.82, 2.24) is 15.0 Å². The van der Waals surface area contributed by atoms with E-state index in [9.17, 15) is 0 Å². The van der Waals surface area contributed by atoms with Crippen LogP contribution in [-0.2, 0) is 0 Å². The highest BCUT2D eigenvalue weighted by Crippen LogP contribution is 2.26. The molecule has 0 aliphatic carbocycles.